The summed E-state index contributed by atoms with van der Waals surface area (Å²) in [5.41, 5.74) is 0.584. The van der Waals surface area contributed by atoms with Crippen molar-refractivity contribution in [2.45, 2.75) is 6.54 Å². The summed E-state index contributed by atoms with van der Waals surface area (Å²) in [7, 11) is 1.66. The summed E-state index contributed by atoms with van der Waals surface area (Å²) < 4.78 is 2.82. The largest absolute Gasteiger partial charge is 0.336 e. The van der Waals surface area contributed by atoms with E-state index >= 15 is 0 Å². The highest BCUT2D eigenvalue weighted by molar-refractivity contribution is 7.17. The number of likely N-dealkylation sites (N-methyl/N-ethyl adjacent to an activating group) is 1. The van der Waals surface area contributed by atoms with Gasteiger partial charge in [-0.3, -0.25) is 14.2 Å². The van der Waals surface area contributed by atoms with Gasteiger partial charge in [-0.25, -0.2) is 9.36 Å². The van der Waals surface area contributed by atoms with Gasteiger partial charge in [0, 0.05) is 17.8 Å². The minimum Gasteiger partial charge on any atom is -0.314 e. The van der Waals surface area contributed by atoms with E-state index in [0.717, 1.165) is 10.3 Å². The smallest absolute Gasteiger partial charge is 0.314 e. The van der Waals surface area contributed by atoms with Crippen molar-refractivity contribution in [3.63, 3.8) is 0 Å². The molecule has 6 nitrogen and oxygen atoms in total. The SMILES string of the molecule is CN(C(=O)Cn1c(=O)n(-c2ccc(Cl)cc2)c(=O)c2sccc21)c1ccccc1. The molecule has 0 spiro atoms. The van der Waals surface area contributed by atoms with E-state index in [2.05, 4.69) is 0 Å². The number of halogens is 1. The quantitative estimate of drug-likeness (QED) is 0.502. The number of para-hydroxylation sites is 1. The molecule has 0 aliphatic rings. The lowest BCUT2D eigenvalue weighted by atomic mass is 10.3. The van der Waals surface area contributed by atoms with Crippen LogP contribution in [-0.2, 0) is 11.3 Å². The molecule has 0 aliphatic carbocycles. The van der Waals surface area contributed by atoms with Crippen molar-refractivity contribution in [1.29, 1.82) is 0 Å². The first-order valence-electron chi connectivity index (χ1n) is 8.78. The van der Waals surface area contributed by atoms with Crippen molar-refractivity contribution < 1.29 is 4.79 Å². The molecule has 2 heterocycles. The molecule has 0 unspecified atom stereocenters. The third-order valence-corrected chi connectivity index (χ3v) is 5.79. The van der Waals surface area contributed by atoms with Crippen molar-refractivity contribution in [1.82, 2.24) is 9.13 Å². The van der Waals surface area contributed by atoms with Gasteiger partial charge in [0.25, 0.3) is 5.56 Å². The minimum absolute atomic E-state index is 0.189. The third kappa shape index (κ3) is 3.50. The zero-order valence-corrected chi connectivity index (χ0v) is 17.0. The van der Waals surface area contributed by atoms with E-state index in [1.54, 1.807) is 42.8 Å². The molecule has 1 amide bonds. The molecule has 0 saturated heterocycles. The van der Waals surface area contributed by atoms with Gasteiger partial charge in [0.15, 0.2) is 0 Å². The Labute approximate surface area is 174 Å². The van der Waals surface area contributed by atoms with Crippen LogP contribution in [-0.4, -0.2) is 22.1 Å². The van der Waals surface area contributed by atoms with Crippen LogP contribution in [0.25, 0.3) is 15.9 Å². The van der Waals surface area contributed by atoms with Crippen LogP contribution in [0.1, 0.15) is 0 Å². The molecular weight excluding hydrogens is 410 g/mol. The Hall–Kier alpha value is -3.16. The number of benzene rings is 2. The summed E-state index contributed by atoms with van der Waals surface area (Å²) >= 11 is 7.17. The molecule has 8 heteroatoms. The number of thiophene rings is 1. The van der Waals surface area contributed by atoms with Gasteiger partial charge in [-0.05, 0) is 47.8 Å². The molecule has 146 valence electrons. The molecular formula is C21H16ClN3O3S. The topological polar surface area (TPSA) is 64.3 Å². The highest BCUT2D eigenvalue weighted by Crippen LogP contribution is 2.18. The van der Waals surface area contributed by atoms with Gasteiger partial charge in [0.05, 0.1) is 11.2 Å². The van der Waals surface area contributed by atoms with E-state index < -0.39 is 11.2 Å². The number of anilines is 1. The number of aromatic nitrogens is 2. The van der Waals surface area contributed by atoms with Crippen LogP contribution in [0.3, 0.4) is 0 Å². The second-order valence-corrected chi connectivity index (χ2v) is 7.76. The number of fused-ring (bicyclic) bond motifs is 1. The predicted octanol–water partition coefficient (Wildman–Crippen LogP) is 3.53. The van der Waals surface area contributed by atoms with Crippen molar-refractivity contribution in [2.24, 2.45) is 0 Å². The number of carbonyl (C=O) groups is 1. The second kappa shape index (κ2) is 7.69. The highest BCUT2D eigenvalue weighted by atomic mass is 35.5. The summed E-state index contributed by atoms with van der Waals surface area (Å²) in [6, 6.07) is 17.3. The number of hydrogen-bond acceptors (Lipinski definition) is 4. The van der Waals surface area contributed by atoms with Crippen LogP contribution in [0.4, 0.5) is 5.69 Å². The van der Waals surface area contributed by atoms with Crippen LogP contribution >= 0.6 is 22.9 Å². The fourth-order valence-corrected chi connectivity index (χ4v) is 4.04. The lowest BCUT2D eigenvalue weighted by Gasteiger charge is -2.19. The van der Waals surface area contributed by atoms with E-state index in [0.29, 0.717) is 20.9 Å². The zero-order chi connectivity index (χ0) is 20.5. The van der Waals surface area contributed by atoms with Crippen molar-refractivity contribution in [3.8, 4) is 5.69 Å². The van der Waals surface area contributed by atoms with Gasteiger partial charge in [-0.1, -0.05) is 29.8 Å². The highest BCUT2D eigenvalue weighted by Gasteiger charge is 2.19. The maximum Gasteiger partial charge on any atom is 0.336 e. The van der Waals surface area contributed by atoms with Crippen molar-refractivity contribution in [3.05, 3.63) is 91.9 Å². The zero-order valence-electron chi connectivity index (χ0n) is 15.4. The first-order valence-corrected chi connectivity index (χ1v) is 10.0. The van der Waals surface area contributed by atoms with Gasteiger partial charge in [-0.15, -0.1) is 11.3 Å². The molecule has 4 aromatic rings. The summed E-state index contributed by atoms with van der Waals surface area (Å²) in [6.07, 6.45) is 0. The Kier molecular flexibility index (Phi) is 5.08. The van der Waals surface area contributed by atoms with Crippen LogP contribution in [0, 0.1) is 0 Å². The molecule has 0 bridgehead atoms. The number of amides is 1. The van der Waals surface area contributed by atoms with Crippen molar-refractivity contribution >= 4 is 44.7 Å². The van der Waals surface area contributed by atoms with Gasteiger partial charge in [0.2, 0.25) is 5.91 Å². The van der Waals surface area contributed by atoms with Gasteiger partial charge < -0.3 is 4.90 Å². The first kappa shape index (κ1) is 19.2. The maximum atomic E-state index is 13.2. The average Bonchev–Trinajstić information content (AvgIpc) is 3.22. The summed E-state index contributed by atoms with van der Waals surface area (Å²) in [4.78, 5) is 40.5. The maximum absolute atomic E-state index is 13.2. The summed E-state index contributed by atoms with van der Waals surface area (Å²) in [6.45, 7) is -0.189. The molecule has 0 saturated carbocycles. The van der Waals surface area contributed by atoms with Crippen molar-refractivity contribution in [2.75, 3.05) is 11.9 Å². The van der Waals surface area contributed by atoms with Crippen LogP contribution < -0.4 is 16.1 Å². The Morgan fingerprint density at radius 3 is 2.41 bits per heavy atom. The third-order valence-electron chi connectivity index (χ3n) is 4.65. The lowest BCUT2D eigenvalue weighted by molar-refractivity contribution is -0.118. The van der Waals surface area contributed by atoms with E-state index in [4.69, 9.17) is 11.6 Å². The molecule has 0 radical (unpaired) electrons. The number of rotatable bonds is 4. The molecule has 29 heavy (non-hydrogen) atoms. The second-order valence-electron chi connectivity index (χ2n) is 6.41. The van der Waals surface area contributed by atoms with Gasteiger partial charge in [0.1, 0.15) is 11.2 Å². The molecule has 0 fully saturated rings. The van der Waals surface area contributed by atoms with E-state index in [1.165, 1.54) is 20.8 Å². The van der Waals surface area contributed by atoms with Crippen LogP contribution in [0.2, 0.25) is 5.02 Å². The Morgan fingerprint density at radius 1 is 1.03 bits per heavy atom. The molecule has 0 N–H and O–H groups in total. The fraction of sp³-hybridized carbons (Fsp3) is 0.0952. The number of hydrogen-bond donors (Lipinski definition) is 0. The lowest BCUT2D eigenvalue weighted by Crippen LogP contribution is -2.41. The number of carbonyl (C=O) groups excluding carboxylic acids is 1. The van der Waals surface area contributed by atoms with E-state index in [9.17, 15) is 14.4 Å². The van der Waals surface area contributed by atoms with Gasteiger partial charge >= 0.3 is 5.69 Å². The van der Waals surface area contributed by atoms with E-state index in [-0.39, 0.29) is 12.5 Å². The molecule has 4 rings (SSSR count). The predicted molar refractivity (Wildman–Crippen MR) is 117 cm³/mol. The summed E-state index contributed by atoms with van der Waals surface area (Å²) in [5.74, 6) is -0.271. The first-order chi connectivity index (χ1) is 14.0. The Morgan fingerprint density at radius 2 is 1.72 bits per heavy atom. The van der Waals surface area contributed by atoms with Crippen LogP contribution in [0.5, 0.6) is 0 Å². The Balaban J connectivity index is 1.83. The molecule has 2 aromatic heterocycles. The molecule has 0 aliphatic heterocycles. The monoisotopic (exact) mass is 425 g/mol. The molecule has 2 aromatic carbocycles. The standard InChI is InChI=1S/C21H16ClN3O3S/c1-23(15-5-3-2-4-6-15)18(26)13-24-17-11-12-29-19(17)20(27)25(21(24)28)16-9-7-14(22)8-10-16/h2-12H,13H2,1H3. The number of nitrogens with zero attached hydrogens (tertiary/aromatic N) is 3. The average molecular weight is 426 g/mol. The van der Waals surface area contributed by atoms with E-state index in [1.807, 2.05) is 30.3 Å². The van der Waals surface area contributed by atoms with Crippen LogP contribution in [0.15, 0.2) is 75.6 Å². The molecule has 0 atom stereocenters. The normalized spacial score (nSPS) is 11.0. The fourth-order valence-electron chi connectivity index (χ4n) is 3.09. The Bertz CT molecular complexity index is 1310. The van der Waals surface area contributed by atoms with Gasteiger partial charge in [-0.2, -0.15) is 0 Å². The summed E-state index contributed by atoms with van der Waals surface area (Å²) in [5, 5.41) is 2.23. The minimum atomic E-state index is -0.571.